The number of hydrazine groups is 1. The number of cyclic esters (lactones) is 1. The number of phenols is 1. The number of benzene rings is 2. The third-order valence-electron chi connectivity index (χ3n) is 15.7. The minimum absolute atomic E-state index is 0.00109. The summed E-state index contributed by atoms with van der Waals surface area (Å²) in [4.78, 5) is 79.2. The molecule has 2 aliphatic carbocycles. The molecule has 3 aliphatic heterocycles. The van der Waals surface area contributed by atoms with Crippen molar-refractivity contribution in [2.45, 2.75) is 147 Å². The van der Waals surface area contributed by atoms with E-state index in [0.29, 0.717) is 31.4 Å². The number of nitrogens with zero attached hydrogens (tertiary/aromatic N) is 5. The maximum atomic E-state index is 14.9. The quantitative estimate of drug-likeness (QED) is 0.0980. The van der Waals surface area contributed by atoms with E-state index in [4.69, 9.17) is 14.5 Å². The van der Waals surface area contributed by atoms with Gasteiger partial charge in [0.1, 0.15) is 29.9 Å². The highest BCUT2D eigenvalue weighted by molar-refractivity contribution is 5.97. The van der Waals surface area contributed by atoms with Gasteiger partial charge in [0.05, 0.1) is 36.2 Å². The van der Waals surface area contributed by atoms with Gasteiger partial charge in [-0.05, 0) is 122 Å². The molecule has 2 saturated heterocycles. The first-order chi connectivity index (χ1) is 33.9. The Bertz CT molecular complexity index is 2700. The van der Waals surface area contributed by atoms with Crippen LogP contribution in [0.25, 0.3) is 33.3 Å². The summed E-state index contributed by atoms with van der Waals surface area (Å²) in [6.45, 7) is 11.5. The molecule has 2 aromatic carbocycles. The molecule has 16 heteroatoms. The van der Waals surface area contributed by atoms with Crippen molar-refractivity contribution in [3.05, 3.63) is 71.5 Å². The first-order valence-electron chi connectivity index (χ1n) is 25.7. The van der Waals surface area contributed by atoms with Gasteiger partial charge >= 0.3 is 5.97 Å². The van der Waals surface area contributed by atoms with Crippen molar-refractivity contribution in [3.8, 4) is 28.1 Å². The number of pyridine rings is 1. The molecule has 4 fully saturated rings. The number of likely N-dealkylation sites (N-methyl/N-ethyl adjacent to an activating group) is 2. The number of rotatable bonds is 12. The Hall–Kier alpha value is -5.84. The van der Waals surface area contributed by atoms with Crippen LogP contribution in [0, 0.1) is 11.3 Å². The normalized spacial score (nSPS) is 23.5. The van der Waals surface area contributed by atoms with Gasteiger partial charge in [-0.25, -0.2) is 5.43 Å². The maximum absolute atomic E-state index is 14.9. The molecule has 0 spiro atoms. The average molecular weight is 973 g/mol. The largest absolute Gasteiger partial charge is 0.508 e. The Kier molecular flexibility index (Phi) is 14.1. The van der Waals surface area contributed by atoms with Crippen LogP contribution in [0.3, 0.4) is 0 Å². The molecule has 4 aromatic rings. The molecule has 5 heterocycles. The highest BCUT2D eigenvalue weighted by atomic mass is 16.5. The Morgan fingerprint density at radius 1 is 1.01 bits per heavy atom. The number of ether oxygens (including phenoxy) is 2. The molecule has 0 unspecified atom stereocenters. The lowest BCUT2D eigenvalue weighted by molar-refractivity contribution is -0.155. The Morgan fingerprint density at radius 2 is 1.77 bits per heavy atom. The maximum Gasteiger partial charge on any atom is 0.324 e. The number of aromatic nitrogens is 2. The molecule has 5 aliphatic rings. The number of amides is 4. The van der Waals surface area contributed by atoms with Crippen LogP contribution in [0.1, 0.15) is 109 Å². The van der Waals surface area contributed by atoms with Gasteiger partial charge in [-0.3, -0.25) is 39.3 Å². The van der Waals surface area contributed by atoms with Crippen LogP contribution in [0.5, 0.6) is 5.75 Å². The topological polar surface area (TPSA) is 198 Å². The number of hydrogen-bond donors (Lipinski definition) is 4. The molecule has 2 aromatic heterocycles. The van der Waals surface area contributed by atoms with Crippen LogP contribution in [-0.2, 0) is 52.8 Å². The fourth-order valence-corrected chi connectivity index (χ4v) is 11.7. The number of nitrogens with one attached hydrogen (secondary N) is 3. The van der Waals surface area contributed by atoms with Crippen LogP contribution in [0.2, 0.25) is 0 Å². The Morgan fingerprint density at radius 3 is 2.48 bits per heavy atom. The zero-order valence-corrected chi connectivity index (χ0v) is 42.7. The van der Waals surface area contributed by atoms with E-state index in [-0.39, 0.29) is 61.3 Å². The van der Waals surface area contributed by atoms with Gasteiger partial charge in [0, 0.05) is 68.8 Å². The number of carbonyl (C=O) groups excluding carboxylic acids is 5. The second-order valence-corrected chi connectivity index (χ2v) is 21.9. The lowest BCUT2D eigenvalue weighted by Gasteiger charge is -2.37. The number of methoxy groups -OCH3 is 1. The second kappa shape index (κ2) is 20.0. The molecule has 0 radical (unpaired) electrons. The summed E-state index contributed by atoms with van der Waals surface area (Å²) in [5, 5.41) is 20.2. The van der Waals surface area contributed by atoms with E-state index >= 15 is 0 Å². The number of aromatic hydroxyl groups is 1. The SMILES string of the molecule is CCn1c(-c2cccnc2C(C)C)c2c3cc(ccc31)-c1cc(O)cc(c1)C[C@H](NC(=O)[C@H](C1CCCC1)N(C)C(=O)CN(C)C(=O)[C@@H]1N[C@@H]1C1(OC)CC1)C(=O)N1CCC[C@H](N1)C(=O)OCC(C)(C)C2. The van der Waals surface area contributed by atoms with Gasteiger partial charge in [-0.15, -0.1) is 0 Å². The number of fused-ring (bicyclic) bond motifs is 6. The summed E-state index contributed by atoms with van der Waals surface area (Å²) in [7, 11) is 4.86. The summed E-state index contributed by atoms with van der Waals surface area (Å²) in [6, 6.07) is 12.3. The predicted molar refractivity (Wildman–Crippen MR) is 270 cm³/mol. The van der Waals surface area contributed by atoms with Crippen LogP contribution >= 0.6 is 0 Å². The van der Waals surface area contributed by atoms with Crippen LogP contribution < -0.4 is 16.1 Å². The monoisotopic (exact) mass is 973 g/mol. The second-order valence-electron chi connectivity index (χ2n) is 21.9. The van der Waals surface area contributed by atoms with E-state index in [1.165, 1.54) is 14.8 Å². The minimum atomic E-state index is -1.16. The number of carbonyl (C=O) groups is 5. The summed E-state index contributed by atoms with van der Waals surface area (Å²) < 4.78 is 14.2. The van der Waals surface area contributed by atoms with Gasteiger partial charge in [0.2, 0.25) is 17.7 Å². The fourth-order valence-electron chi connectivity index (χ4n) is 11.7. The summed E-state index contributed by atoms with van der Waals surface area (Å²) >= 11 is 0. The zero-order valence-electron chi connectivity index (χ0n) is 42.7. The van der Waals surface area contributed by atoms with Gasteiger partial charge < -0.3 is 34.3 Å². The van der Waals surface area contributed by atoms with E-state index < -0.39 is 53.3 Å². The summed E-state index contributed by atoms with van der Waals surface area (Å²) in [5.74, 6) is -2.02. The first kappa shape index (κ1) is 50.1. The Balaban J connectivity index is 1.06. The van der Waals surface area contributed by atoms with Crippen molar-refractivity contribution < 1.29 is 38.6 Å². The predicted octanol–water partition coefficient (Wildman–Crippen LogP) is 5.86. The molecule has 6 bridgehead atoms. The summed E-state index contributed by atoms with van der Waals surface area (Å²) in [5.41, 5.74) is 9.78. The molecule has 71 heavy (non-hydrogen) atoms. The van der Waals surface area contributed by atoms with Crippen molar-refractivity contribution in [3.63, 3.8) is 0 Å². The molecule has 16 nitrogen and oxygen atoms in total. The molecule has 2 saturated carbocycles. The number of phenolic OH excluding ortho intramolecular Hbond substituents is 1. The van der Waals surface area contributed by atoms with Crippen LogP contribution in [-0.4, -0.2) is 136 Å². The third kappa shape index (κ3) is 10.2. The van der Waals surface area contributed by atoms with E-state index in [1.807, 2.05) is 24.4 Å². The molecule has 9 rings (SSSR count). The molecular formula is C55H72N8O8. The van der Waals surface area contributed by atoms with Crippen LogP contribution in [0.15, 0.2) is 54.7 Å². The number of aryl methyl sites for hydroxylation is 1. The average Bonchev–Trinajstić information content (AvgIpc) is 4.26. The number of hydrogen-bond acceptors (Lipinski definition) is 11. The highest BCUT2D eigenvalue weighted by Gasteiger charge is 2.63. The molecule has 4 N–H and O–H groups in total. The summed E-state index contributed by atoms with van der Waals surface area (Å²) in [6.07, 6.45) is 8.36. The van der Waals surface area contributed by atoms with Crippen molar-refractivity contribution in [2.75, 3.05) is 40.9 Å². The van der Waals surface area contributed by atoms with Crippen molar-refractivity contribution >= 4 is 40.5 Å². The van der Waals surface area contributed by atoms with Crippen molar-refractivity contribution in [2.24, 2.45) is 11.3 Å². The lowest BCUT2D eigenvalue weighted by Crippen LogP contribution is -2.62. The van der Waals surface area contributed by atoms with Gasteiger partial charge in [-0.1, -0.05) is 52.7 Å². The van der Waals surface area contributed by atoms with Crippen molar-refractivity contribution in [1.82, 2.24) is 40.4 Å². The Labute approximate surface area is 417 Å². The van der Waals surface area contributed by atoms with Crippen LogP contribution in [0.4, 0.5) is 0 Å². The highest BCUT2D eigenvalue weighted by Crippen LogP contribution is 2.48. The standard InChI is InChI=1S/C55H72N8O8/c1-9-62-43-19-18-35-28-39(43)40(48(62)38-16-12-22-56-45(38)32(2)3)29-54(4,5)31-71-53(69)41-17-13-23-63(59-41)51(67)42(26-33-24-36(35)27-37(64)25-33)57-50(66)47(34-14-10-11-15-34)61(7)44(65)30-60(6)52(68)46-49(58-46)55(70-8)20-21-55/h12,16,18-19,22,24-25,27-28,32,34,41-42,46-47,49,58-59,64H,9-11,13-15,17,20-21,23,26,29-31H2,1-8H3,(H,57,66)/t41-,42-,46+,47-,49-/m0/s1. The fraction of sp³-hybridized carbons (Fsp3) is 0.564. The molecule has 380 valence electrons. The lowest BCUT2D eigenvalue weighted by atomic mass is 9.83. The minimum Gasteiger partial charge on any atom is -0.508 e. The van der Waals surface area contributed by atoms with E-state index in [2.05, 4.69) is 73.4 Å². The first-order valence-corrected chi connectivity index (χ1v) is 25.7. The van der Waals surface area contributed by atoms with E-state index in [9.17, 15) is 29.1 Å². The molecular weight excluding hydrogens is 901 g/mol. The molecule has 5 atom stereocenters. The molecule has 4 amide bonds. The third-order valence-corrected chi connectivity index (χ3v) is 15.7. The zero-order chi connectivity index (χ0) is 50.5. The van der Waals surface area contributed by atoms with Gasteiger partial charge in [-0.2, -0.15) is 0 Å². The smallest absolute Gasteiger partial charge is 0.324 e. The van der Waals surface area contributed by atoms with Gasteiger partial charge in [0.25, 0.3) is 5.91 Å². The van der Waals surface area contributed by atoms with Crippen molar-refractivity contribution in [1.29, 1.82) is 0 Å². The van der Waals surface area contributed by atoms with E-state index in [1.54, 1.807) is 33.3 Å². The number of esters is 1. The van der Waals surface area contributed by atoms with Gasteiger partial charge in [0.15, 0.2) is 0 Å². The van der Waals surface area contributed by atoms with E-state index in [0.717, 1.165) is 83.1 Å².